The zero-order valence-corrected chi connectivity index (χ0v) is 23.4. The van der Waals surface area contributed by atoms with Gasteiger partial charge in [-0.2, -0.15) is 10.2 Å². The molecule has 1 fully saturated rings. The lowest BCUT2D eigenvalue weighted by atomic mass is 10.1. The Balaban J connectivity index is 1.28. The number of methoxy groups -OCH3 is 1. The summed E-state index contributed by atoms with van der Waals surface area (Å²) < 4.78 is 7.24. The molecule has 0 aromatic heterocycles. The summed E-state index contributed by atoms with van der Waals surface area (Å²) in [6, 6.07) is 20.0. The summed E-state index contributed by atoms with van der Waals surface area (Å²) in [7, 11) is 1.65. The molecule has 1 aliphatic heterocycles. The van der Waals surface area contributed by atoms with Gasteiger partial charge in [0.05, 0.1) is 22.5 Å². The smallest absolute Gasteiger partial charge is 0.339 e. The van der Waals surface area contributed by atoms with E-state index in [1.807, 2.05) is 48.5 Å². The van der Waals surface area contributed by atoms with Crippen LogP contribution in [0.25, 0.3) is 0 Å². The van der Waals surface area contributed by atoms with Crippen LogP contribution in [-0.4, -0.2) is 30.0 Å². The molecule has 0 radical (unpaired) electrons. The Morgan fingerprint density at radius 3 is 2.00 bits per heavy atom. The van der Waals surface area contributed by atoms with Crippen molar-refractivity contribution in [3.63, 3.8) is 0 Å². The van der Waals surface area contributed by atoms with Gasteiger partial charge in [0.2, 0.25) is 0 Å². The standard InChI is InChI=1S/C22H20N2O5P2S4/c1-28-16-3-7-18(8-4-16)30(32)34-31(33,35-30)19-9-5-17(6-10-19)29-14-24-23-13-15-2-11-20(22(26)27)21(25)12-15/h2-12,25H,13-14H2,1H3,(H,26,27). The molecule has 3 aromatic rings. The summed E-state index contributed by atoms with van der Waals surface area (Å²) in [6.45, 7) is 0.238. The second kappa shape index (κ2) is 11.0. The van der Waals surface area contributed by atoms with Crippen LogP contribution in [0.3, 0.4) is 0 Å². The van der Waals surface area contributed by atoms with E-state index in [0.717, 1.165) is 16.4 Å². The molecule has 0 unspecified atom stereocenters. The first-order valence-electron chi connectivity index (χ1n) is 10.1. The number of aromatic carboxylic acids is 1. The fraction of sp³-hybridized carbons (Fsp3) is 0.136. The van der Waals surface area contributed by atoms with E-state index in [1.54, 1.807) is 35.2 Å². The van der Waals surface area contributed by atoms with Crippen molar-refractivity contribution >= 4 is 71.1 Å². The molecule has 0 amide bonds. The number of phenols is 1. The molecule has 0 aliphatic carbocycles. The van der Waals surface area contributed by atoms with Gasteiger partial charge in [-0.25, -0.2) is 4.79 Å². The second-order valence-electron chi connectivity index (χ2n) is 7.22. The Hall–Kier alpha value is -1.87. The van der Waals surface area contributed by atoms with Crippen molar-refractivity contribution < 1.29 is 24.5 Å². The number of aromatic hydroxyl groups is 1. The maximum Gasteiger partial charge on any atom is 0.339 e. The molecule has 1 aliphatic rings. The Morgan fingerprint density at radius 1 is 0.914 bits per heavy atom. The normalized spacial score (nSPS) is 21.4. The predicted octanol–water partition coefficient (Wildman–Crippen LogP) is 6.14. The Kier molecular flexibility index (Phi) is 8.26. The summed E-state index contributed by atoms with van der Waals surface area (Å²) in [5.74, 6) is -0.0147. The molecule has 0 atom stereocenters. The number of hydrogen-bond donors (Lipinski definition) is 2. The minimum absolute atomic E-state index is 0.0362. The first-order chi connectivity index (χ1) is 16.7. The van der Waals surface area contributed by atoms with Gasteiger partial charge in [-0.1, -0.05) is 51.7 Å². The maximum absolute atomic E-state index is 10.9. The van der Waals surface area contributed by atoms with Gasteiger partial charge >= 0.3 is 5.97 Å². The largest absolute Gasteiger partial charge is 0.507 e. The fourth-order valence-corrected chi connectivity index (χ4v) is 45.4. The van der Waals surface area contributed by atoms with Crippen molar-refractivity contribution in [2.75, 3.05) is 13.8 Å². The van der Waals surface area contributed by atoms with E-state index in [2.05, 4.69) is 10.2 Å². The van der Waals surface area contributed by atoms with E-state index in [9.17, 15) is 9.90 Å². The van der Waals surface area contributed by atoms with Gasteiger partial charge in [-0.05, 0) is 66.2 Å². The molecule has 1 heterocycles. The Labute approximate surface area is 220 Å². The molecule has 0 spiro atoms. The molecular formula is C22H20N2O5P2S4. The number of benzene rings is 3. The molecule has 0 bridgehead atoms. The van der Waals surface area contributed by atoms with Crippen molar-refractivity contribution in [1.82, 2.24) is 0 Å². The summed E-state index contributed by atoms with van der Waals surface area (Å²) in [5.41, 5.74) is 0.492. The number of carboxylic acids is 1. The molecular weight excluding hydrogens is 562 g/mol. The van der Waals surface area contributed by atoms with Gasteiger partial charge in [0.1, 0.15) is 22.8 Å². The van der Waals surface area contributed by atoms with Gasteiger partial charge in [0.25, 0.3) is 0 Å². The monoisotopic (exact) mass is 582 g/mol. The van der Waals surface area contributed by atoms with Gasteiger partial charge < -0.3 is 19.7 Å². The zero-order chi connectivity index (χ0) is 25.1. The van der Waals surface area contributed by atoms with Gasteiger partial charge in [0.15, 0.2) is 6.73 Å². The fourth-order valence-electron chi connectivity index (χ4n) is 3.10. The first-order valence-corrected chi connectivity index (χ1v) is 19.8. The van der Waals surface area contributed by atoms with Crippen LogP contribution in [0.2, 0.25) is 0 Å². The number of ether oxygens (including phenoxy) is 2. The molecule has 13 heteroatoms. The molecule has 2 N–H and O–H groups in total. The van der Waals surface area contributed by atoms with Crippen LogP contribution in [0.15, 0.2) is 77.0 Å². The molecule has 7 nitrogen and oxygen atoms in total. The van der Waals surface area contributed by atoms with Gasteiger partial charge in [-0.3, -0.25) is 0 Å². The quantitative estimate of drug-likeness (QED) is 0.228. The molecule has 35 heavy (non-hydrogen) atoms. The van der Waals surface area contributed by atoms with Gasteiger partial charge in [-0.15, -0.1) is 0 Å². The van der Waals surface area contributed by atoms with Crippen molar-refractivity contribution in [3.8, 4) is 17.2 Å². The third-order valence-electron chi connectivity index (χ3n) is 4.91. The van der Waals surface area contributed by atoms with E-state index in [-0.39, 0.29) is 24.6 Å². The van der Waals surface area contributed by atoms with Gasteiger partial charge in [0, 0.05) is 10.6 Å². The summed E-state index contributed by atoms with van der Waals surface area (Å²) >= 11 is 15.5. The molecule has 0 saturated carbocycles. The highest BCUT2D eigenvalue weighted by molar-refractivity contribution is 9.48. The van der Waals surface area contributed by atoms with Crippen molar-refractivity contribution in [3.05, 3.63) is 77.9 Å². The molecule has 3 aromatic carbocycles. The molecule has 1 saturated heterocycles. The Bertz CT molecular complexity index is 1350. The number of nitrogens with zero attached hydrogens (tertiary/aromatic N) is 2. The second-order valence-corrected chi connectivity index (χ2v) is 28.5. The lowest BCUT2D eigenvalue weighted by Gasteiger charge is -2.40. The number of rotatable bonds is 9. The van der Waals surface area contributed by atoms with Crippen LogP contribution < -0.4 is 20.1 Å². The van der Waals surface area contributed by atoms with Crippen LogP contribution in [0, 0.1) is 0 Å². The number of carbonyl (C=O) groups is 1. The van der Waals surface area contributed by atoms with E-state index >= 15 is 0 Å². The summed E-state index contributed by atoms with van der Waals surface area (Å²) in [6.07, 6.45) is 0. The van der Waals surface area contributed by atoms with E-state index in [1.165, 1.54) is 12.1 Å². The lowest BCUT2D eigenvalue weighted by Crippen LogP contribution is -2.09. The summed E-state index contributed by atoms with van der Waals surface area (Å²) in [4.78, 5) is 10.9. The van der Waals surface area contributed by atoms with Crippen LogP contribution in [0.1, 0.15) is 15.9 Å². The number of azo groups is 1. The zero-order valence-electron chi connectivity index (χ0n) is 18.3. The van der Waals surface area contributed by atoms with Crippen molar-refractivity contribution in [2.24, 2.45) is 10.2 Å². The highest BCUT2D eigenvalue weighted by Crippen LogP contribution is 3.04. The minimum atomic E-state index is -1.83. The first kappa shape index (κ1) is 26.2. The highest BCUT2D eigenvalue weighted by Gasteiger charge is 2.45. The third kappa shape index (κ3) is 6.10. The van der Waals surface area contributed by atoms with Crippen LogP contribution in [0.5, 0.6) is 17.2 Å². The Morgan fingerprint density at radius 2 is 1.49 bits per heavy atom. The van der Waals surface area contributed by atoms with E-state index < -0.39 is 14.9 Å². The minimum Gasteiger partial charge on any atom is -0.507 e. The number of hydrogen-bond acceptors (Lipinski definition) is 10. The lowest BCUT2D eigenvalue weighted by molar-refractivity contribution is 0.0693. The van der Waals surface area contributed by atoms with E-state index in [0.29, 0.717) is 11.3 Å². The average molecular weight is 583 g/mol. The molecule has 4 rings (SSSR count). The number of carboxylic acid groups (broad SMARTS) is 1. The van der Waals surface area contributed by atoms with Crippen molar-refractivity contribution in [1.29, 1.82) is 0 Å². The maximum atomic E-state index is 10.9. The predicted molar refractivity (Wildman–Crippen MR) is 152 cm³/mol. The van der Waals surface area contributed by atoms with Crippen LogP contribution in [-0.2, 0) is 30.2 Å². The molecule has 182 valence electrons. The SMILES string of the molecule is COc1ccc(P2(=S)SP(=S)(c3ccc(OCN=NCc4ccc(C(=O)O)c(O)c4)cc3)S2)cc1. The topological polar surface area (TPSA) is 101 Å². The van der Waals surface area contributed by atoms with E-state index in [4.69, 9.17) is 38.2 Å². The average Bonchev–Trinajstić information content (AvgIpc) is 2.83. The highest BCUT2D eigenvalue weighted by atomic mass is 33.7. The van der Waals surface area contributed by atoms with Crippen LogP contribution in [0.4, 0.5) is 0 Å². The summed E-state index contributed by atoms with van der Waals surface area (Å²) in [5, 5.41) is 28.9. The third-order valence-corrected chi connectivity index (χ3v) is 36.1. The van der Waals surface area contributed by atoms with Crippen molar-refractivity contribution in [2.45, 2.75) is 6.54 Å². The van der Waals surface area contributed by atoms with Crippen LogP contribution >= 0.6 is 30.9 Å².